The Morgan fingerprint density at radius 3 is 2.76 bits per heavy atom. The van der Waals surface area contributed by atoms with E-state index >= 15 is 0 Å². The third-order valence-corrected chi connectivity index (χ3v) is 2.76. The largest absolute Gasteiger partial charge is 0.506 e. The normalized spacial score (nSPS) is 10.2. The number of anilines is 1. The summed E-state index contributed by atoms with van der Waals surface area (Å²) in [4.78, 5) is 8.39. The van der Waals surface area contributed by atoms with Crippen molar-refractivity contribution in [3.05, 3.63) is 46.5 Å². The molecule has 0 aliphatic heterocycles. The van der Waals surface area contributed by atoms with Gasteiger partial charge in [-0.3, -0.25) is 4.98 Å². The first-order valence-corrected chi connectivity index (χ1v) is 5.95. The van der Waals surface area contributed by atoms with E-state index in [-0.39, 0.29) is 5.75 Å². The molecule has 0 amide bonds. The van der Waals surface area contributed by atoms with Crippen LogP contribution in [0.15, 0.2) is 35.1 Å². The highest BCUT2D eigenvalue weighted by Gasteiger charge is 2.01. The minimum absolute atomic E-state index is 0.176. The van der Waals surface area contributed by atoms with Crippen molar-refractivity contribution in [1.82, 2.24) is 9.97 Å². The summed E-state index contributed by atoms with van der Waals surface area (Å²) in [5, 5.41) is 12.4. The molecule has 0 fully saturated rings. The lowest BCUT2D eigenvalue weighted by Gasteiger charge is -2.08. The molecule has 2 aromatic rings. The molecule has 0 atom stereocenters. The second-order valence-electron chi connectivity index (χ2n) is 3.63. The third kappa shape index (κ3) is 3.17. The Labute approximate surface area is 108 Å². The van der Waals surface area contributed by atoms with Gasteiger partial charge in [0.15, 0.2) is 0 Å². The molecule has 0 aliphatic carbocycles. The van der Waals surface area contributed by atoms with Crippen LogP contribution in [0.3, 0.4) is 0 Å². The van der Waals surface area contributed by atoms with E-state index in [9.17, 15) is 0 Å². The zero-order valence-corrected chi connectivity index (χ0v) is 10.9. The standard InChI is InChI=1S/C12H12BrN3O/c1-8-11(4-5-12(13)16-8)15-6-9-2-3-10(17)7-14-9/h2-5,7,15,17H,6H2,1H3. The van der Waals surface area contributed by atoms with Gasteiger partial charge in [-0.15, -0.1) is 0 Å². The van der Waals surface area contributed by atoms with Crippen LogP contribution in [0.1, 0.15) is 11.4 Å². The van der Waals surface area contributed by atoms with Crippen LogP contribution in [0.4, 0.5) is 5.69 Å². The molecule has 2 heterocycles. The highest BCUT2D eigenvalue weighted by molar-refractivity contribution is 9.10. The maximum absolute atomic E-state index is 9.12. The van der Waals surface area contributed by atoms with Gasteiger partial charge in [-0.2, -0.15) is 0 Å². The molecule has 2 aromatic heterocycles. The molecule has 0 unspecified atom stereocenters. The molecule has 88 valence electrons. The monoisotopic (exact) mass is 293 g/mol. The van der Waals surface area contributed by atoms with Crippen molar-refractivity contribution in [1.29, 1.82) is 0 Å². The Hall–Kier alpha value is -1.62. The van der Waals surface area contributed by atoms with Crippen molar-refractivity contribution in [2.45, 2.75) is 13.5 Å². The van der Waals surface area contributed by atoms with Gasteiger partial charge in [-0.25, -0.2) is 4.98 Å². The summed E-state index contributed by atoms with van der Waals surface area (Å²) >= 11 is 3.32. The molecule has 0 aromatic carbocycles. The first kappa shape index (κ1) is 11.9. The fourth-order valence-corrected chi connectivity index (χ4v) is 1.82. The zero-order chi connectivity index (χ0) is 12.3. The predicted octanol–water partition coefficient (Wildman–Crippen LogP) is 2.87. The maximum atomic E-state index is 9.12. The number of nitrogens with one attached hydrogen (secondary N) is 1. The fraction of sp³-hybridized carbons (Fsp3) is 0.167. The highest BCUT2D eigenvalue weighted by atomic mass is 79.9. The molecule has 2 N–H and O–H groups in total. The van der Waals surface area contributed by atoms with Crippen molar-refractivity contribution in [3.63, 3.8) is 0 Å². The molecule has 17 heavy (non-hydrogen) atoms. The van der Waals surface area contributed by atoms with Crippen molar-refractivity contribution in [2.24, 2.45) is 0 Å². The SMILES string of the molecule is Cc1nc(Br)ccc1NCc1ccc(O)cn1. The number of hydrogen-bond acceptors (Lipinski definition) is 4. The first-order valence-electron chi connectivity index (χ1n) is 5.16. The highest BCUT2D eigenvalue weighted by Crippen LogP contribution is 2.17. The first-order chi connectivity index (χ1) is 8.15. The topological polar surface area (TPSA) is 58.0 Å². The molecule has 0 spiro atoms. The van der Waals surface area contributed by atoms with Crippen LogP contribution in [0.2, 0.25) is 0 Å². The maximum Gasteiger partial charge on any atom is 0.133 e. The number of aryl methyl sites for hydroxylation is 1. The van der Waals surface area contributed by atoms with Crippen molar-refractivity contribution in [3.8, 4) is 5.75 Å². The second kappa shape index (κ2) is 5.14. The summed E-state index contributed by atoms with van der Waals surface area (Å²) in [5.74, 6) is 0.176. The van der Waals surface area contributed by atoms with Crippen LogP contribution in [0.25, 0.3) is 0 Å². The van der Waals surface area contributed by atoms with E-state index in [0.717, 1.165) is 21.7 Å². The van der Waals surface area contributed by atoms with Gasteiger partial charge in [-0.05, 0) is 47.1 Å². The van der Waals surface area contributed by atoms with E-state index in [1.165, 1.54) is 6.20 Å². The molecule has 0 saturated carbocycles. The molecule has 4 nitrogen and oxygen atoms in total. The minimum Gasteiger partial charge on any atom is -0.506 e. The van der Waals surface area contributed by atoms with Crippen LogP contribution in [-0.4, -0.2) is 15.1 Å². The number of rotatable bonds is 3. The quantitative estimate of drug-likeness (QED) is 0.855. The fourth-order valence-electron chi connectivity index (χ4n) is 1.42. The predicted molar refractivity (Wildman–Crippen MR) is 69.9 cm³/mol. The van der Waals surface area contributed by atoms with Gasteiger partial charge < -0.3 is 10.4 Å². The van der Waals surface area contributed by atoms with Crippen LogP contribution < -0.4 is 5.32 Å². The average Bonchev–Trinajstić information content (AvgIpc) is 2.30. The van der Waals surface area contributed by atoms with Crippen molar-refractivity contribution >= 4 is 21.6 Å². The number of hydrogen-bond donors (Lipinski definition) is 2. The summed E-state index contributed by atoms with van der Waals surface area (Å²) in [6.45, 7) is 2.54. The number of aromatic nitrogens is 2. The molecular weight excluding hydrogens is 282 g/mol. The number of aromatic hydroxyl groups is 1. The lowest BCUT2D eigenvalue weighted by molar-refractivity contribution is 0.472. The Balaban J connectivity index is 2.04. The second-order valence-corrected chi connectivity index (χ2v) is 4.44. The Morgan fingerprint density at radius 2 is 2.12 bits per heavy atom. The van der Waals surface area contributed by atoms with E-state index in [0.29, 0.717) is 6.54 Å². The van der Waals surface area contributed by atoms with Gasteiger partial charge in [-0.1, -0.05) is 0 Å². The molecular formula is C12H12BrN3O. The zero-order valence-electron chi connectivity index (χ0n) is 9.31. The van der Waals surface area contributed by atoms with E-state index in [1.807, 2.05) is 19.1 Å². The molecule has 0 saturated heterocycles. The number of pyridine rings is 2. The molecule has 5 heteroatoms. The smallest absolute Gasteiger partial charge is 0.133 e. The summed E-state index contributed by atoms with van der Waals surface area (Å²) in [7, 11) is 0. The van der Waals surface area contributed by atoms with Crippen LogP contribution in [-0.2, 0) is 6.54 Å². The van der Waals surface area contributed by atoms with Gasteiger partial charge in [0.1, 0.15) is 10.4 Å². The van der Waals surface area contributed by atoms with Crippen molar-refractivity contribution < 1.29 is 5.11 Å². The minimum atomic E-state index is 0.176. The van der Waals surface area contributed by atoms with Gasteiger partial charge in [0.05, 0.1) is 29.8 Å². The van der Waals surface area contributed by atoms with Gasteiger partial charge in [0.2, 0.25) is 0 Å². The summed E-state index contributed by atoms with van der Waals surface area (Å²) in [5.41, 5.74) is 2.77. The lowest BCUT2D eigenvalue weighted by atomic mass is 10.3. The molecule has 2 rings (SSSR count). The lowest BCUT2D eigenvalue weighted by Crippen LogP contribution is -2.03. The Morgan fingerprint density at radius 1 is 1.29 bits per heavy atom. The summed E-state index contributed by atoms with van der Waals surface area (Å²) in [6.07, 6.45) is 1.43. The Bertz CT molecular complexity index is 514. The Kier molecular flexibility index (Phi) is 3.58. The van der Waals surface area contributed by atoms with Crippen LogP contribution >= 0.6 is 15.9 Å². The summed E-state index contributed by atoms with van der Waals surface area (Å²) in [6, 6.07) is 7.26. The third-order valence-electron chi connectivity index (χ3n) is 2.32. The van der Waals surface area contributed by atoms with Crippen molar-refractivity contribution in [2.75, 3.05) is 5.32 Å². The molecule has 0 aliphatic rings. The molecule has 0 bridgehead atoms. The molecule has 0 radical (unpaired) electrons. The van der Waals surface area contributed by atoms with Gasteiger partial charge in [0.25, 0.3) is 0 Å². The van der Waals surface area contributed by atoms with E-state index in [1.54, 1.807) is 12.1 Å². The van der Waals surface area contributed by atoms with E-state index in [4.69, 9.17) is 5.11 Å². The number of halogens is 1. The van der Waals surface area contributed by atoms with Gasteiger partial charge in [0, 0.05) is 0 Å². The number of nitrogens with zero attached hydrogens (tertiary/aromatic N) is 2. The van der Waals surface area contributed by atoms with Crippen LogP contribution in [0.5, 0.6) is 5.75 Å². The van der Waals surface area contributed by atoms with Crippen LogP contribution in [0, 0.1) is 6.92 Å². The van der Waals surface area contributed by atoms with E-state index in [2.05, 4.69) is 31.2 Å². The average molecular weight is 294 g/mol. The van der Waals surface area contributed by atoms with E-state index < -0.39 is 0 Å². The van der Waals surface area contributed by atoms with Gasteiger partial charge >= 0.3 is 0 Å². The summed E-state index contributed by atoms with van der Waals surface area (Å²) < 4.78 is 0.823.